The molecule has 2 aromatic heterocycles. The Morgan fingerprint density at radius 3 is 2.41 bits per heavy atom. The summed E-state index contributed by atoms with van der Waals surface area (Å²) in [7, 11) is 0. The topological polar surface area (TPSA) is 79.8 Å². The van der Waals surface area contributed by atoms with Crippen LogP contribution in [0.15, 0.2) is 65.6 Å². The first-order valence-corrected chi connectivity index (χ1v) is 10.7. The molecular formula is C23H17Cl3N4O2. The van der Waals surface area contributed by atoms with Crippen molar-refractivity contribution in [2.24, 2.45) is 0 Å². The third-order valence-electron chi connectivity index (χ3n) is 4.89. The Kier molecular flexibility index (Phi) is 6.37. The predicted octanol–water partition coefficient (Wildman–Crippen LogP) is 5.43. The highest BCUT2D eigenvalue weighted by Crippen LogP contribution is 2.33. The van der Waals surface area contributed by atoms with Crippen molar-refractivity contribution in [3.63, 3.8) is 0 Å². The number of hydrogen-bond donors (Lipinski definition) is 2. The number of benzene rings is 2. The number of amides is 1. The van der Waals surface area contributed by atoms with Crippen molar-refractivity contribution in [2.75, 3.05) is 0 Å². The molecule has 4 rings (SSSR count). The predicted molar refractivity (Wildman–Crippen MR) is 127 cm³/mol. The minimum atomic E-state index is -0.354. The van der Waals surface area contributed by atoms with E-state index in [1.54, 1.807) is 47.3 Å². The number of carbonyl (C=O) groups excluding carboxylic acids is 1. The number of rotatable bonds is 5. The van der Waals surface area contributed by atoms with Crippen molar-refractivity contribution in [2.45, 2.75) is 13.5 Å². The minimum absolute atomic E-state index is 0.206. The van der Waals surface area contributed by atoms with Gasteiger partial charge in [-0.05, 0) is 42.8 Å². The van der Waals surface area contributed by atoms with Crippen LogP contribution >= 0.6 is 34.8 Å². The number of carbonyl (C=O) groups is 1. The lowest BCUT2D eigenvalue weighted by molar-refractivity contribution is 0.0945. The van der Waals surface area contributed by atoms with Crippen LogP contribution in [0.2, 0.25) is 15.1 Å². The number of aromatic nitrogens is 3. The van der Waals surface area contributed by atoms with Gasteiger partial charge in [-0.25, -0.2) is 4.68 Å². The molecule has 32 heavy (non-hydrogen) atoms. The third kappa shape index (κ3) is 4.58. The molecule has 0 saturated carbocycles. The summed E-state index contributed by atoms with van der Waals surface area (Å²) in [5.41, 5.74) is 3.60. The van der Waals surface area contributed by atoms with Crippen molar-refractivity contribution in [1.82, 2.24) is 20.1 Å². The lowest BCUT2D eigenvalue weighted by atomic mass is 10.1. The third-order valence-corrected chi connectivity index (χ3v) is 5.68. The Bertz CT molecular complexity index is 1340. The maximum Gasteiger partial charge on any atom is 0.272 e. The summed E-state index contributed by atoms with van der Waals surface area (Å²) in [6.45, 7) is 2.06. The van der Waals surface area contributed by atoms with Gasteiger partial charge < -0.3 is 10.3 Å². The number of nitrogens with zero attached hydrogens (tertiary/aromatic N) is 2. The quantitative estimate of drug-likeness (QED) is 0.394. The van der Waals surface area contributed by atoms with E-state index in [1.807, 2.05) is 19.1 Å². The van der Waals surface area contributed by atoms with Crippen LogP contribution in [0.1, 0.15) is 21.6 Å². The molecule has 2 aromatic carbocycles. The molecule has 0 unspecified atom stereocenters. The first-order valence-electron chi connectivity index (χ1n) is 9.60. The molecule has 0 bridgehead atoms. The van der Waals surface area contributed by atoms with Crippen LogP contribution in [-0.2, 0) is 6.54 Å². The van der Waals surface area contributed by atoms with Crippen molar-refractivity contribution in [3.8, 4) is 16.9 Å². The Labute approximate surface area is 198 Å². The molecule has 0 aliphatic rings. The monoisotopic (exact) mass is 486 g/mol. The normalized spacial score (nSPS) is 10.9. The minimum Gasteiger partial charge on any atom is -0.346 e. The fourth-order valence-corrected chi connectivity index (χ4v) is 3.92. The van der Waals surface area contributed by atoms with Crippen LogP contribution in [0.5, 0.6) is 0 Å². The highest BCUT2D eigenvalue weighted by molar-refractivity contribution is 6.35. The van der Waals surface area contributed by atoms with E-state index in [1.165, 1.54) is 6.07 Å². The summed E-state index contributed by atoms with van der Waals surface area (Å²) in [5, 5.41) is 8.91. The zero-order chi connectivity index (χ0) is 22.8. The zero-order valence-corrected chi connectivity index (χ0v) is 19.1. The molecule has 162 valence electrons. The van der Waals surface area contributed by atoms with Gasteiger partial charge in [-0.3, -0.25) is 9.59 Å². The smallest absolute Gasteiger partial charge is 0.272 e. The van der Waals surface area contributed by atoms with Gasteiger partial charge in [-0.15, -0.1) is 0 Å². The van der Waals surface area contributed by atoms with E-state index < -0.39 is 0 Å². The average Bonchev–Trinajstić information content (AvgIpc) is 3.10. The van der Waals surface area contributed by atoms with Crippen molar-refractivity contribution < 1.29 is 4.79 Å². The molecule has 0 aliphatic heterocycles. The maximum atomic E-state index is 13.0. The van der Waals surface area contributed by atoms with Crippen LogP contribution < -0.4 is 10.9 Å². The van der Waals surface area contributed by atoms with Gasteiger partial charge >= 0.3 is 0 Å². The van der Waals surface area contributed by atoms with Crippen LogP contribution in [0.25, 0.3) is 16.9 Å². The van der Waals surface area contributed by atoms with Crippen molar-refractivity contribution in [1.29, 1.82) is 0 Å². The summed E-state index contributed by atoms with van der Waals surface area (Å²) in [6, 6.07) is 15.4. The molecule has 0 aliphatic carbocycles. The molecule has 0 atom stereocenters. The number of nitrogens with one attached hydrogen (secondary N) is 2. The number of aromatic amines is 1. The van der Waals surface area contributed by atoms with Gasteiger partial charge in [0.1, 0.15) is 0 Å². The molecule has 2 heterocycles. The van der Waals surface area contributed by atoms with Gasteiger partial charge in [-0.2, -0.15) is 5.10 Å². The van der Waals surface area contributed by atoms with Gasteiger partial charge in [0, 0.05) is 40.0 Å². The van der Waals surface area contributed by atoms with Gasteiger partial charge in [0.15, 0.2) is 5.69 Å². The molecule has 1 amide bonds. The van der Waals surface area contributed by atoms with Crippen molar-refractivity contribution >= 4 is 40.7 Å². The van der Waals surface area contributed by atoms with Gasteiger partial charge in [0.2, 0.25) is 5.56 Å². The second kappa shape index (κ2) is 9.20. The highest BCUT2D eigenvalue weighted by atomic mass is 35.5. The molecule has 4 aromatic rings. The van der Waals surface area contributed by atoms with E-state index in [-0.39, 0.29) is 23.7 Å². The second-order valence-corrected chi connectivity index (χ2v) is 8.36. The van der Waals surface area contributed by atoms with Gasteiger partial charge in [0.25, 0.3) is 5.91 Å². The molecule has 9 heteroatoms. The fourth-order valence-electron chi connectivity index (χ4n) is 3.30. The standard InChI is InChI=1S/C23H17Cl3N4O2/c1-13-21(23(32)28-12-14-2-9-20(31)27-11-14)29-30(19-8-7-17(25)10-18(19)26)22(13)15-3-5-16(24)6-4-15/h2-11H,12H2,1H3,(H,27,31)(H,28,32). The zero-order valence-electron chi connectivity index (χ0n) is 16.8. The van der Waals surface area contributed by atoms with E-state index in [9.17, 15) is 9.59 Å². The lowest BCUT2D eigenvalue weighted by Crippen LogP contribution is -2.24. The van der Waals surface area contributed by atoms with E-state index in [0.29, 0.717) is 32.0 Å². The largest absolute Gasteiger partial charge is 0.346 e. The molecule has 0 radical (unpaired) electrons. The number of halogens is 3. The maximum absolute atomic E-state index is 13.0. The number of hydrogen-bond acceptors (Lipinski definition) is 3. The Morgan fingerprint density at radius 1 is 1.03 bits per heavy atom. The second-order valence-electron chi connectivity index (χ2n) is 7.08. The number of H-pyrrole nitrogens is 1. The van der Waals surface area contributed by atoms with E-state index >= 15 is 0 Å². The summed E-state index contributed by atoms with van der Waals surface area (Å²) in [4.78, 5) is 26.8. The molecule has 0 spiro atoms. The Balaban J connectivity index is 1.76. The van der Waals surface area contributed by atoms with Crippen LogP contribution in [0, 0.1) is 6.92 Å². The molecule has 0 fully saturated rings. The SMILES string of the molecule is Cc1c(C(=O)NCc2ccc(=O)[nH]c2)nn(-c2ccc(Cl)cc2Cl)c1-c1ccc(Cl)cc1. The summed E-state index contributed by atoms with van der Waals surface area (Å²) < 4.78 is 1.63. The van der Waals surface area contributed by atoms with E-state index in [4.69, 9.17) is 34.8 Å². The Hall–Kier alpha value is -3.06. The first kappa shape index (κ1) is 22.1. The fraction of sp³-hybridized carbons (Fsp3) is 0.0870. The van der Waals surface area contributed by atoms with E-state index in [2.05, 4.69) is 15.4 Å². The summed E-state index contributed by atoms with van der Waals surface area (Å²) in [6.07, 6.45) is 1.56. The molecular weight excluding hydrogens is 471 g/mol. The van der Waals surface area contributed by atoms with Crippen LogP contribution in [0.4, 0.5) is 0 Å². The van der Waals surface area contributed by atoms with Gasteiger partial charge in [0.05, 0.1) is 16.4 Å². The van der Waals surface area contributed by atoms with Crippen LogP contribution in [0.3, 0.4) is 0 Å². The van der Waals surface area contributed by atoms with Crippen molar-refractivity contribution in [3.05, 3.63) is 103 Å². The highest BCUT2D eigenvalue weighted by Gasteiger charge is 2.23. The lowest BCUT2D eigenvalue weighted by Gasteiger charge is -2.11. The summed E-state index contributed by atoms with van der Waals surface area (Å²) in [5.74, 6) is -0.354. The average molecular weight is 488 g/mol. The van der Waals surface area contributed by atoms with Gasteiger partial charge in [-0.1, -0.05) is 53.0 Å². The van der Waals surface area contributed by atoms with E-state index in [0.717, 1.165) is 11.1 Å². The first-order chi connectivity index (χ1) is 15.3. The Morgan fingerprint density at radius 2 is 1.75 bits per heavy atom. The number of pyridine rings is 1. The summed E-state index contributed by atoms with van der Waals surface area (Å²) >= 11 is 18.6. The van der Waals surface area contributed by atoms with Crippen LogP contribution in [-0.4, -0.2) is 20.7 Å². The molecule has 2 N–H and O–H groups in total. The molecule has 0 saturated heterocycles. The molecule has 6 nitrogen and oxygen atoms in total.